The summed E-state index contributed by atoms with van der Waals surface area (Å²) in [6, 6.07) is 7.71. The largest absolute Gasteiger partial charge is 0.481 e. The van der Waals surface area contributed by atoms with Gasteiger partial charge in [0.1, 0.15) is 0 Å². The molecule has 24 heavy (non-hydrogen) atoms. The van der Waals surface area contributed by atoms with Gasteiger partial charge >= 0.3 is 5.97 Å². The number of nitrogens with zero attached hydrogens (tertiary/aromatic N) is 1. The summed E-state index contributed by atoms with van der Waals surface area (Å²) in [6.07, 6.45) is 2.31. The standard InChI is InChI=1S/C18H22ClNO4/c19-16-4-2-1-3-13(16)14-11-15(14)18(23)20(8-5-17(21)22)12-6-9-24-10-7-12/h1-4,12,14-15H,5-11H2,(H,21,22). The van der Waals surface area contributed by atoms with Crippen molar-refractivity contribution in [3.63, 3.8) is 0 Å². The molecular formula is C18H22ClNO4. The molecule has 1 aliphatic heterocycles. The van der Waals surface area contributed by atoms with Crippen LogP contribution in [0.1, 0.15) is 37.2 Å². The third kappa shape index (κ3) is 3.90. The van der Waals surface area contributed by atoms with Gasteiger partial charge in [-0.3, -0.25) is 9.59 Å². The van der Waals surface area contributed by atoms with Gasteiger partial charge in [-0.1, -0.05) is 29.8 Å². The maximum Gasteiger partial charge on any atom is 0.305 e. The number of halogens is 1. The van der Waals surface area contributed by atoms with Crippen molar-refractivity contribution in [2.24, 2.45) is 5.92 Å². The van der Waals surface area contributed by atoms with E-state index in [1.54, 1.807) is 4.90 Å². The third-order valence-corrected chi connectivity index (χ3v) is 5.24. The molecule has 0 bridgehead atoms. The first-order valence-corrected chi connectivity index (χ1v) is 8.80. The number of hydrogen-bond donors (Lipinski definition) is 1. The first kappa shape index (κ1) is 17.2. The monoisotopic (exact) mass is 351 g/mol. The maximum absolute atomic E-state index is 13.0. The van der Waals surface area contributed by atoms with E-state index in [-0.39, 0.29) is 36.8 Å². The van der Waals surface area contributed by atoms with Crippen molar-refractivity contribution in [2.75, 3.05) is 19.8 Å². The van der Waals surface area contributed by atoms with Crippen molar-refractivity contribution in [2.45, 2.75) is 37.6 Å². The SMILES string of the molecule is O=C(O)CCN(C(=O)C1CC1c1ccccc1Cl)C1CCOCC1. The molecule has 0 aromatic heterocycles. The molecule has 1 amide bonds. The highest BCUT2D eigenvalue weighted by Gasteiger charge is 2.47. The molecule has 130 valence electrons. The summed E-state index contributed by atoms with van der Waals surface area (Å²) in [6.45, 7) is 1.52. The van der Waals surface area contributed by atoms with E-state index in [4.69, 9.17) is 21.4 Å². The van der Waals surface area contributed by atoms with E-state index < -0.39 is 5.97 Å². The van der Waals surface area contributed by atoms with E-state index >= 15 is 0 Å². The molecule has 0 radical (unpaired) electrons. The molecule has 5 nitrogen and oxygen atoms in total. The van der Waals surface area contributed by atoms with Gasteiger partial charge in [0, 0.05) is 36.7 Å². The molecule has 1 aliphatic carbocycles. The minimum absolute atomic E-state index is 0.0213. The molecule has 1 N–H and O–H groups in total. The molecule has 2 atom stereocenters. The fourth-order valence-electron chi connectivity index (χ4n) is 3.49. The Hall–Kier alpha value is -1.59. The highest BCUT2D eigenvalue weighted by atomic mass is 35.5. The van der Waals surface area contributed by atoms with Gasteiger partial charge in [0.05, 0.1) is 6.42 Å². The van der Waals surface area contributed by atoms with Gasteiger partial charge in [0.25, 0.3) is 0 Å². The van der Waals surface area contributed by atoms with Gasteiger partial charge in [-0.05, 0) is 36.8 Å². The van der Waals surface area contributed by atoms with Crippen molar-refractivity contribution < 1.29 is 19.4 Å². The summed E-state index contributed by atoms with van der Waals surface area (Å²) in [5, 5.41) is 9.68. The van der Waals surface area contributed by atoms with Gasteiger partial charge in [-0.2, -0.15) is 0 Å². The Kier molecular flexibility index (Phi) is 5.41. The van der Waals surface area contributed by atoms with Crippen LogP contribution in [0.5, 0.6) is 0 Å². The highest BCUT2D eigenvalue weighted by Crippen LogP contribution is 2.50. The molecule has 2 fully saturated rings. The van der Waals surface area contributed by atoms with Crippen LogP contribution < -0.4 is 0 Å². The quantitative estimate of drug-likeness (QED) is 0.855. The van der Waals surface area contributed by atoms with E-state index in [0.29, 0.717) is 18.2 Å². The minimum atomic E-state index is -0.877. The van der Waals surface area contributed by atoms with Crippen molar-refractivity contribution in [3.8, 4) is 0 Å². The number of carbonyl (C=O) groups excluding carboxylic acids is 1. The average molecular weight is 352 g/mol. The molecular weight excluding hydrogens is 330 g/mol. The number of carboxylic acid groups (broad SMARTS) is 1. The van der Waals surface area contributed by atoms with Crippen LogP contribution in [0.15, 0.2) is 24.3 Å². The molecule has 1 heterocycles. The normalized spacial score (nSPS) is 23.7. The second kappa shape index (κ2) is 7.53. The number of carboxylic acids is 1. The zero-order valence-electron chi connectivity index (χ0n) is 13.5. The fraction of sp³-hybridized carbons (Fsp3) is 0.556. The second-order valence-corrected chi connectivity index (χ2v) is 6.90. The number of rotatable bonds is 6. The molecule has 1 aromatic rings. The van der Waals surface area contributed by atoms with Crippen LogP contribution in [0.3, 0.4) is 0 Å². The maximum atomic E-state index is 13.0. The van der Waals surface area contributed by atoms with Crippen molar-refractivity contribution in [3.05, 3.63) is 34.9 Å². The number of benzene rings is 1. The van der Waals surface area contributed by atoms with Crippen LogP contribution in [0.25, 0.3) is 0 Å². The minimum Gasteiger partial charge on any atom is -0.481 e. The number of aliphatic carboxylic acids is 1. The lowest BCUT2D eigenvalue weighted by molar-refractivity contribution is -0.141. The molecule has 1 saturated heterocycles. The lowest BCUT2D eigenvalue weighted by atomic mass is 10.0. The van der Waals surface area contributed by atoms with Crippen LogP contribution in [0.4, 0.5) is 0 Å². The molecule has 6 heteroatoms. The number of carbonyl (C=O) groups is 2. The summed E-state index contributed by atoms with van der Waals surface area (Å²) in [5.41, 5.74) is 1.02. The van der Waals surface area contributed by atoms with Crippen molar-refractivity contribution >= 4 is 23.5 Å². The second-order valence-electron chi connectivity index (χ2n) is 6.49. The van der Waals surface area contributed by atoms with E-state index in [1.807, 2.05) is 24.3 Å². The predicted molar refractivity (Wildman–Crippen MR) is 90.1 cm³/mol. The smallest absolute Gasteiger partial charge is 0.305 e. The van der Waals surface area contributed by atoms with Crippen LogP contribution >= 0.6 is 11.6 Å². The van der Waals surface area contributed by atoms with Gasteiger partial charge in [-0.25, -0.2) is 0 Å². The van der Waals surface area contributed by atoms with Crippen LogP contribution in [0, 0.1) is 5.92 Å². The van der Waals surface area contributed by atoms with Gasteiger partial charge in [0.15, 0.2) is 0 Å². The molecule has 2 unspecified atom stereocenters. The van der Waals surface area contributed by atoms with Crippen molar-refractivity contribution in [1.29, 1.82) is 0 Å². The van der Waals surface area contributed by atoms with Gasteiger partial charge in [-0.15, -0.1) is 0 Å². The molecule has 2 aliphatic rings. The molecule has 3 rings (SSSR count). The summed E-state index contributed by atoms with van der Waals surface area (Å²) in [7, 11) is 0. The Balaban J connectivity index is 1.69. The summed E-state index contributed by atoms with van der Waals surface area (Å²) >= 11 is 6.24. The lowest BCUT2D eigenvalue weighted by Crippen LogP contribution is -2.45. The first-order valence-electron chi connectivity index (χ1n) is 8.42. The Morgan fingerprint density at radius 3 is 2.62 bits per heavy atom. The summed E-state index contributed by atoms with van der Waals surface area (Å²) < 4.78 is 5.37. The number of amides is 1. The summed E-state index contributed by atoms with van der Waals surface area (Å²) in [4.78, 5) is 25.7. The van der Waals surface area contributed by atoms with Crippen LogP contribution in [0.2, 0.25) is 5.02 Å². The van der Waals surface area contributed by atoms with E-state index in [0.717, 1.165) is 24.8 Å². The van der Waals surface area contributed by atoms with E-state index in [1.165, 1.54) is 0 Å². The Bertz CT molecular complexity index is 615. The third-order valence-electron chi connectivity index (χ3n) is 4.89. The molecule has 1 aromatic carbocycles. The number of hydrogen-bond acceptors (Lipinski definition) is 3. The van der Waals surface area contributed by atoms with Crippen LogP contribution in [-0.4, -0.2) is 47.7 Å². The zero-order valence-corrected chi connectivity index (χ0v) is 14.2. The average Bonchev–Trinajstić information content (AvgIpc) is 3.36. The fourth-order valence-corrected chi connectivity index (χ4v) is 3.76. The Labute approximate surface area is 146 Å². The topological polar surface area (TPSA) is 66.8 Å². The van der Waals surface area contributed by atoms with E-state index in [2.05, 4.69) is 0 Å². The Morgan fingerprint density at radius 2 is 1.96 bits per heavy atom. The van der Waals surface area contributed by atoms with Crippen LogP contribution in [-0.2, 0) is 14.3 Å². The molecule has 1 saturated carbocycles. The lowest BCUT2D eigenvalue weighted by Gasteiger charge is -2.34. The zero-order chi connectivity index (χ0) is 17.1. The summed E-state index contributed by atoms with van der Waals surface area (Å²) in [5.74, 6) is -0.744. The van der Waals surface area contributed by atoms with Crippen molar-refractivity contribution in [1.82, 2.24) is 4.90 Å². The number of ether oxygens (including phenoxy) is 1. The predicted octanol–water partition coefficient (Wildman–Crippen LogP) is 2.93. The Morgan fingerprint density at radius 1 is 1.25 bits per heavy atom. The first-order chi connectivity index (χ1) is 11.6. The van der Waals surface area contributed by atoms with Gasteiger partial charge in [0.2, 0.25) is 5.91 Å². The highest BCUT2D eigenvalue weighted by molar-refractivity contribution is 6.31. The van der Waals surface area contributed by atoms with E-state index in [9.17, 15) is 9.59 Å². The van der Waals surface area contributed by atoms with Gasteiger partial charge < -0.3 is 14.7 Å². The molecule has 0 spiro atoms.